The Labute approximate surface area is 523 Å². The van der Waals surface area contributed by atoms with Crippen molar-refractivity contribution in [3.63, 3.8) is 0 Å². The highest BCUT2D eigenvalue weighted by atomic mass is 16.7. The lowest BCUT2D eigenvalue weighted by molar-refractivity contribution is -0.151. The monoisotopic (exact) mass is 1240 g/mol. The summed E-state index contributed by atoms with van der Waals surface area (Å²) in [5, 5.41) is 41.5. The van der Waals surface area contributed by atoms with Gasteiger partial charge in [0.2, 0.25) is 23.1 Å². The second-order valence-corrected chi connectivity index (χ2v) is 23.3. The van der Waals surface area contributed by atoms with Gasteiger partial charge in [-0.1, -0.05) is 81.9 Å². The smallest absolute Gasteiger partial charge is 0.405 e. The maximum absolute atomic E-state index is 14.2. The molecule has 24 nitrogen and oxygen atoms in total. The number of hydrogen-bond donors (Lipinski definition) is 10. The highest BCUT2D eigenvalue weighted by molar-refractivity contribution is 6.24. The van der Waals surface area contributed by atoms with E-state index in [1.807, 2.05) is 13.8 Å². The summed E-state index contributed by atoms with van der Waals surface area (Å²) in [6.45, 7) is 17.1. The third kappa shape index (κ3) is 22.2. The molecule has 4 rings (SSSR count). The van der Waals surface area contributed by atoms with E-state index in [1.165, 1.54) is 60.5 Å². The molecule has 2 aliphatic carbocycles. The molecule has 0 aromatic rings. The van der Waals surface area contributed by atoms with E-state index in [1.54, 1.807) is 58.1 Å². The van der Waals surface area contributed by atoms with Gasteiger partial charge in [-0.25, -0.2) is 9.59 Å². The fourth-order valence-corrected chi connectivity index (χ4v) is 11.1. The molecule has 0 saturated heterocycles. The van der Waals surface area contributed by atoms with Gasteiger partial charge < -0.3 is 76.4 Å². The summed E-state index contributed by atoms with van der Waals surface area (Å²) in [7, 11) is 5.78. The Hall–Kier alpha value is -7.00. The second kappa shape index (κ2) is 37.2. The highest BCUT2D eigenvalue weighted by Crippen LogP contribution is 2.32. The average Bonchev–Trinajstić information content (AvgIpc) is 1.28. The van der Waals surface area contributed by atoms with E-state index in [9.17, 15) is 48.6 Å². The van der Waals surface area contributed by atoms with Crippen molar-refractivity contribution in [2.45, 2.75) is 143 Å². The first-order chi connectivity index (χ1) is 42.3. The third-order valence-corrected chi connectivity index (χ3v) is 16.2. The van der Waals surface area contributed by atoms with Crippen molar-refractivity contribution in [3.8, 4) is 0 Å². The minimum Gasteiger partial charge on any atom is -0.439 e. The van der Waals surface area contributed by atoms with Crippen LogP contribution in [0.5, 0.6) is 0 Å². The van der Waals surface area contributed by atoms with Crippen LogP contribution in [0.4, 0.5) is 4.79 Å². The molecule has 4 bridgehead atoms. The number of methoxy groups -OCH3 is 4. The van der Waals surface area contributed by atoms with E-state index < -0.39 is 107 Å². The van der Waals surface area contributed by atoms with E-state index in [4.69, 9.17) is 35.3 Å². The number of hydrogen-bond acceptors (Lipinski definition) is 21. The summed E-state index contributed by atoms with van der Waals surface area (Å²) in [5.41, 5.74) is 7.24. The molecule has 24 heteroatoms. The number of fused-ring (bicyclic) bond motifs is 4. The summed E-state index contributed by atoms with van der Waals surface area (Å²) in [6, 6.07) is 0. The minimum atomic E-state index is -1.04. The van der Waals surface area contributed by atoms with E-state index in [2.05, 4.69) is 36.7 Å². The number of rotatable bonds is 20. The largest absolute Gasteiger partial charge is 0.439 e. The molecule has 2 aliphatic heterocycles. The molecule has 0 spiro atoms. The highest BCUT2D eigenvalue weighted by Gasteiger charge is 2.37. The zero-order chi connectivity index (χ0) is 66.1. The molecule has 3 amide bonds. The van der Waals surface area contributed by atoms with Gasteiger partial charge in [-0.15, -0.1) is 0 Å². The minimum absolute atomic E-state index is 0.125. The molecule has 0 fully saturated rings. The number of allylic oxidation sites excluding steroid dienone is 8. The average molecular weight is 1250 g/mol. The van der Waals surface area contributed by atoms with Crippen molar-refractivity contribution in [1.29, 1.82) is 0 Å². The van der Waals surface area contributed by atoms with Crippen molar-refractivity contribution >= 4 is 47.0 Å². The van der Waals surface area contributed by atoms with Gasteiger partial charge in [0.1, 0.15) is 12.0 Å². The Morgan fingerprint density at radius 1 is 0.596 bits per heavy atom. The maximum Gasteiger partial charge on any atom is 0.405 e. The topological polar surface area (TPSA) is 357 Å². The van der Waals surface area contributed by atoms with Crippen molar-refractivity contribution < 1.29 is 77.1 Å². The molecule has 2 heterocycles. The summed E-state index contributed by atoms with van der Waals surface area (Å²) in [4.78, 5) is 112. The second-order valence-electron chi connectivity index (χ2n) is 23.3. The van der Waals surface area contributed by atoms with Crippen LogP contribution in [0.15, 0.2) is 117 Å². The van der Waals surface area contributed by atoms with Crippen LogP contribution in [0.2, 0.25) is 0 Å². The fraction of sp³-hybridized carbons (Fsp3) is 0.569. The Balaban J connectivity index is 1.36. The SMILES string of the molecule is COC1/C=C\C=C(/C)C(=O)NC2=CC(=O)C(NCCCNCCCNCCCNC3=C4CC(C)CC(OC)C(O)C(C)/C=C(\C)C(C(=O)ON)C(OC)/C=C\C=C(/C)C(=O)NC(=CC3=O)C4=O)=C(CC(C)CC(OC)C(O)C(C)/C=C(\C)C1OC(N)=O)C2=O. The molecule has 12 unspecified atom stereocenters. The van der Waals surface area contributed by atoms with Crippen LogP contribution in [0.25, 0.3) is 0 Å². The molecule has 0 aromatic carbocycles. The number of aliphatic hydroxyl groups is 2. The molecular formula is C65H96N8O16. The quantitative estimate of drug-likeness (QED) is 0.0360. The Bertz CT molecular complexity index is 2860. The van der Waals surface area contributed by atoms with Crippen molar-refractivity contribution in [2.75, 3.05) is 67.7 Å². The number of primary amides is 1. The zero-order valence-corrected chi connectivity index (χ0v) is 53.7. The number of carbonyl (C=O) groups excluding carboxylic acids is 8. The molecule has 0 aromatic heterocycles. The van der Waals surface area contributed by atoms with Gasteiger partial charge in [0, 0.05) is 87.8 Å². The zero-order valence-electron chi connectivity index (χ0n) is 53.7. The van der Waals surface area contributed by atoms with Gasteiger partial charge in [-0.2, -0.15) is 5.90 Å². The van der Waals surface area contributed by atoms with Crippen LogP contribution in [0, 0.1) is 29.6 Å². The first-order valence-electron chi connectivity index (χ1n) is 30.3. The number of nitrogens with one attached hydrogen (secondary N) is 6. The van der Waals surface area contributed by atoms with E-state index in [0.29, 0.717) is 69.7 Å². The van der Waals surface area contributed by atoms with Crippen LogP contribution < -0.4 is 43.5 Å². The Kier molecular flexibility index (Phi) is 31.1. The number of Topliss-reactive ketones (excluding diaryl/α,β-unsaturated/α-hetero) is 2. The van der Waals surface area contributed by atoms with Crippen LogP contribution in [0.1, 0.15) is 100 Å². The van der Waals surface area contributed by atoms with Gasteiger partial charge in [-0.05, 0) is 116 Å². The lowest BCUT2D eigenvalue weighted by Gasteiger charge is -2.30. The summed E-state index contributed by atoms with van der Waals surface area (Å²) in [6.07, 6.45) is 10.5. The van der Waals surface area contributed by atoms with E-state index in [0.717, 1.165) is 18.6 Å². The predicted octanol–water partition coefficient (Wildman–Crippen LogP) is 3.64. The normalized spacial score (nSPS) is 30.8. The lowest BCUT2D eigenvalue weighted by Crippen LogP contribution is -2.38. The van der Waals surface area contributed by atoms with Gasteiger partial charge in [0.25, 0.3) is 11.8 Å². The molecule has 0 radical (unpaired) electrons. The van der Waals surface area contributed by atoms with Gasteiger partial charge in [0.15, 0.2) is 6.10 Å². The number of aliphatic hydroxyl groups excluding tert-OH is 2. The number of amides is 3. The van der Waals surface area contributed by atoms with Gasteiger partial charge >= 0.3 is 12.1 Å². The maximum atomic E-state index is 14.2. The van der Waals surface area contributed by atoms with Crippen molar-refractivity contribution in [1.82, 2.24) is 31.9 Å². The summed E-state index contributed by atoms with van der Waals surface area (Å²) < 4.78 is 28.2. The molecule has 492 valence electrons. The van der Waals surface area contributed by atoms with Crippen LogP contribution >= 0.6 is 0 Å². The Morgan fingerprint density at radius 3 is 1.39 bits per heavy atom. The predicted molar refractivity (Wildman–Crippen MR) is 334 cm³/mol. The molecule has 89 heavy (non-hydrogen) atoms. The third-order valence-electron chi connectivity index (χ3n) is 16.2. The van der Waals surface area contributed by atoms with Gasteiger partial charge in [0.05, 0.1) is 53.3 Å². The fourth-order valence-electron chi connectivity index (χ4n) is 11.1. The van der Waals surface area contributed by atoms with Crippen molar-refractivity contribution in [3.05, 3.63) is 117 Å². The summed E-state index contributed by atoms with van der Waals surface area (Å²) in [5.74, 6) is -1.25. The first-order valence-corrected chi connectivity index (χ1v) is 30.3. The van der Waals surface area contributed by atoms with Gasteiger partial charge in [-0.3, -0.25) is 28.8 Å². The van der Waals surface area contributed by atoms with Crippen LogP contribution in [0.3, 0.4) is 0 Å². The molecule has 12 N–H and O–H groups in total. The molecule has 12 atom stereocenters. The van der Waals surface area contributed by atoms with E-state index >= 15 is 0 Å². The lowest BCUT2D eigenvalue weighted by atomic mass is 9.84. The molecule has 0 saturated carbocycles. The summed E-state index contributed by atoms with van der Waals surface area (Å²) >= 11 is 0. The first kappa shape index (κ1) is 74.5. The molecular weight excluding hydrogens is 1150 g/mol. The van der Waals surface area contributed by atoms with Crippen LogP contribution in [-0.4, -0.2) is 168 Å². The number of ketones is 4. The number of ether oxygens (including phenoxy) is 5. The standard InChI is InChI=1S/C65H96N8O16/c1-36-28-44-55(48(74)34-46(59(44)78)72-62(80)38(3)18-13-20-50(84-9)54(64(82)89-67)40(5)32-41(6)57(76)52(30-36)86-11)70-26-16-24-68-22-15-23-69-25-17-27-71-56-45-29-37(2)31-53(87-12)58(77)42(7)33-43(8)61(88-65(66)83)51(85-10)21-14-19-39(4)63(81)73-47(60(45)79)35-49(56)75/h13-14,18-21,32-37,41-42,50-54,57-58,61,68-71,76-77H,15-17,22-31,67H2,1-12H3,(H2,66,83)(H,72,80)(H,73,81)/b20-13-,21-14-,38-18+,39-19+,40-32+,43-33+. The Morgan fingerprint density at radius 2 is 1.00 bits per heavy atom. The van der Waals surface area contributed by atoms with Crippen LogP contribution in [-0.2, 0) is 62.1 Å². The van der Waals surface area contributed by atoms with Crippen molar-refractivity contribution in [2.24, 2.45) is 41.2 Å². The number of carbonyl (C=O) groups is 8. The van der Waals surface area contributed by atoms with E-state index in [-0.39, 0.29) is 76.2 Å². The number of nitrogens with two attached hydrogens (primary N) is 2. The molecule has 4 aliphatic rings.